The average Bonchev–Trinajstić information content (AvgIpc) is 2.78. The van der Waals surface area contributed by atoms with Crippen LogP contribution in [-0.2, 0) is 11.2 Å². The van der Waals surface area contributed by atoms with Crippen LogP contribution in [0.5, 0.6) is 5.75 Å². The number of methoxy groups -OCH3 is 1. The lowest BCUT2D eigenvalue weighted by Gasteiger charge is -2.42. The Kier molecular flexibility index (Phi) is 7.40. The molecule has 1 saturated heterocycles. The number of halogens is 1. The second-order valence-electron chi connectivity index (χ2n) is 8.11. The molecule has 30 heavy (non-hydrogen) atoms. The van der Waals surface area contributed by atoms with Crippen molar-refractivity contribution in [1.29, 1.82) is 0 Å². The summed E-state index contributed by atoms with van der Waals surface area (Å²) in [5.74, 6) is 0.125. The summed E-state index contributed by atoms with van der Waals surface area (Å²) in [6, 6.07) is 15.3. The summed E-state index contributed by atoms with van der Waals surface area (Å²) in [6.07, 6.45) is 2.04. The molecule has 1 aliphatic rings. The van der Waals surface area contributed by atoms with Gasteiger partial charge in [0.25, 0.3) is 0 Å². The van der Waals surface area contributed by atoms with Gasteiger partial charge in [-0.05, 0) is 43.0 Å². The Bertz CT molecular complexity index is 865. The Morgan fingerprint density at radius 3 is 2.60 bits per heavy atom. The van der Waals surface area contributed by atoms with Crippen molar-refractivity contribution in [2.24, 2.45) is 5.92 Å². The Balaban J connectivity index is 1.56. The van der Waals surface area contributed by atoms with E-state index in [9.17, 15) is 9.90 Å². The molecule has 0 aliphatic carbocycles. The number of rotatable bonds is 7. The monoisotopic (exact) mass is 430 g/mol. The molecule has 5 nitrogen and oxygen atoms in total. The molecule has 2 aromatic carbocycles. The molecular formula is C24H31ClN2O3. The molecule has 1 heterocycles. The fourth-order valence-corrected chi connectivity index (χ4v) is 4.27. The summed E-state index contributed by atoms with van der Waals surface area (Å²) in [6.45, 7) is 4.26. The normalized spacial score (nSPS) is 17.4. The molecule has 0 radical (unpaired) electrons. The predicted molar refractivity (Wildman–Crippen MR) is 121 cm³/mol. The van der Waals surface area contributed by atoms with E-state index in [2.05, 4.69) is 11.0 Å². The van der Waals surface area contributed by atoms with E-state index in [0.717, 1.165) is 42.3 Å². The first-order valence-electron chi connectivity index (χ1n) is 10.4. The molecule has 1 aliphatic heterocycles. The summed E-state index contributed by atoms with van der Waals surface area (Å²) in [5, 5.41) is 12.0. The van der Waals surface area contributed by atoms with Crippen LogP contribution in [0, 0.1) is 5.92 Å². The molecule has 1 fully saturated rings. The van der Waals surface area contributed by atoms with E-state index in [1.54, 1.807) is 19.1 Å². The Hall–Kier alpha value is -2.08. The van der Waals surface area contributed by atoms with Gasteiger partial charge in [0.15, 0.2) is 0 Å². The summed E-state index contributed by atoms with van der Waals surface area (Å²) >= 11 is 6.25. The Morgan fingerprint density at radius 2 is 1.93 bits per heavy atom. The number of piperidine rings is 1. The van der Waals surface area contributed by atoms with Crippen molar-refractivity contribution in [1.82, 2.24) is 4.90 Å². The second-order valence-corrected chi connectivity index (χ2v) is 8.51. The zero-order valence-corrected chi connectivity index (χ0v) is 18.7. The van der Waals surface area contributed by atoms with E-state index < -0.39 is 11.5 Å². The largest absolute Gasteiger partial charge is 0.497 e. The fraction of sp³-hybridized carbons (Fsp3) is 0.458. The highest BCUT2D eigenvalue weighted by Crippen LogP contribution is 2.32. The molecule has 1 N–H and O–H groups in total. The van der Waals surface area contributed by atoms with Crippen LogP contribution in [0.25, 0.3) is 0 Å². The number of anilines is 1. The van der Waals surface area contributed by atoms with E-state index in [0.29, 0.717) is 18.6 Å². The van der Waals surface area contributed by atoms with Crippen molar-refractivity contribution in [3.63, 3.8) is 0 Å². The molecule has 0 aromatic heterocycles. The Morgan fingerprint density at radius 1 is 1.23 bits per heavy atom. The van der Waals surface area contributed by atoms with Gasteiger partial charge in [-0.25, -0.2) is 0 Å². The van der Waals surface area contributed by atoms with Crippen molar-refractivity contribution in [2.45, 2.75) is 31.8 Å². The summed E-state index contributed by atoms with van der Waals surface area (Å²) in [5.41, 5.74) is 0.904. The van der Waals surface area contributed by atoms with Gasteiger partial charge in [0.05, 0.1) is 18.6 Å². The van der Waals surface area contributed by atoms with Crippen LogP contribution >= 0.6 is 11.6 Å². The first-order valence-corrected chi connectivity index (χ1v) is 10.8. The van der Waals surface area contributed by atoms with E-state index in [-0.39, 0.29) is 5.91 Å². The van der Waals surface area contributed by atoms with E-state index >= 15 is 0 Å². The van der Waals surface area contributed by atoms with E-state index in [1.165, 1.54) is 0 Å². The SMILES string of the molecule is COc1cccc(N(C)C(=O)C(C)C2(O)CCN(CCc3ccccc3Cl)CC2)c1. The molecule has 0 bridgehead atoms. The van der Waals surface area contributed by atoms with Crippen molar-refractivity contribution in [3.8, 4) is 5.75 Å². The molecule has 1 atom stereocenters. The topological polar surface area (TPSA) is 53.0 Å². The number of nitrogens with zero attached hydrogens (tertiary/aromatic N) is 2. The highest BCUT2D eigenvalue weighted by Gasteiger charge is 2.42. The molecule has 2 aromatic rings. The van der Waals surface area contributed by atoms with Crippen molar-refractivity contribution < 1.29 is 14.6 Å². The highest BCUT2D eigenvalue weighted by atomic mass is 35.5. The van der Waals surface area contributed by atoms with Crippen LogP contribution in [0.2, 0.25) is 5.02 Å². The van der Waals surface area contributed by atoms with Crippen LogP contribution in [0.4, 0.5) is 5.69 Å². The molecule has 162 valence electrons. The number of ether oxygens (including phenoxy) is 1. The average molecular weight is 431 g/mol. The van der Waals surface area contributed by atoms with Crippen LogP contribution in [-0.4, -0.2) is 55.3 Å². The fourth-order valence-electron chi connectivity index (χ4n) is 4.04. The second kappa shape index (κ2) is 9.82. The van der Waals surface area contributed by atoms with Crippen LogP contribution in [0.15, 0.2) is 48.5 Å². The van der Waals surface area contributed by atoms with Gasteiger partial charge in [-0.3, -0.25) is 4.79 Å². The van der Waals surface area contributed by atoms with E-state index in [1.807, 2.05) is 49.4 Å². The van der Waals surface area contributed by atoms with Gasteiger partial charge in [-0.15, -0.1) is 0 Å². The maximum absolute atomic E-state index is 13.1. The molecule has 0 spiro atoms. The Labute approximate surface area is 184 Å². The summed E-state index contributed by atoms with van der Waals surface area (Å²) < 4.78 is 5.25. The molecule has 3 rings (SSSR count). The van der Waals surface area contributed by atoms with E-state index in [4.69, 9.17) is 16.3 Å². The lowest BCUT2D eigenvalue weighted by atomic mass is 9.79. The van der Waals surface area contributed by atoms with Crippen molar-refractivity contribution >= 4 is 23.2 Å². The predicted octanol–water partition coefficient (Wildman–Crippen LogP) is 4.02. The minimum Gasteiger partial charge on any atom is -0.497 e. The van der Waals surface area contributed by atoms with Gasteiger partial charge < -0.3 is 19.6 Å². The first-order chi connectivity index (χ1) is 14.3. The smallest absolute Gasteiger partial charge is 0.232 e. The van der Waals surface area contributed by atoms with Gasteiger partial charge in [0, 0.05) is 43.5 Å². The molecule has 0 saturated carbocycles. The number of aliphatic hydroxyl groups is 1. The minimum absolute atomic E-state index is 0.0877. The third-order valence-electron chi connectivity index (χ3n) is 6.32. The number of benzene rings is 2. The van der Waals surface area contributed by atoms with Gasteiger partial charge in [0.1, 0.15) is 5.75 Å². The third kappa shape index (κ3) is 5.15. The number of amides is 1. The number of hydrogen-bond acceptors (Lipinski definition) is 4. The number of carbonyl (C=O) groups excluding carboxylic acids is 1. The maximum atomic E-state index is 13.1. The zero-order valence-electron chi connectivity index (χ0n) is 18.0. The van der Waals surface area contributed by atoms with Crippen molar-refractivity contribution in [2.75, 3.05) is 38.7 Å². The summed E-state index contributed by atoms with van der Waals surface area (Å²) in [4.78, 5) is 17.0. The highest BCUT2D eigenvalue weighted by molar-refractivity contribution is 6.31. The van der Waals surface area contributed by atoms with Crippen LogP contribution in [0.3, 0.4) is 0 Å². The van der Waals surface area contributed by atoms with Crippen LogP contribution in [0.1, 0.15) is 25.3 Å². The lowest BCUT2D eigenvalue weighted by molar-refractivity contribution is -0.134. The number of hydrogen-bond donors (Lipinski definition) is 1. The van der Waals surface area contributed by atoms with Gasteiger partial charge in [0.2, 0.25) is 5.91 Å². The maximum Gasteiger partial charge on any atom is 0.232 e. The molecule has 1 unspecified atom stereocenters. The molecule has 6 heteroatoms. The lowest BCUT2D eigenvalue weighted by Crippen LogP contribution is -2.52. The zero-order chi connectivity index (χ0) is 21.7. The van der Waals surface area contributed by atoms with Gasteiger partial charge in [-0.1, -0.05) is 42.8 Å². The standard InChI is InChI=1S/C24H31ClN2O3/c1-18(23(28)26(2)20-8-6-9-21(17-20)30-3)24(29)12-15-27(16-13-24)14-11-19-7-4-5-10-22(19)25/h4-10,17-18,29H,11-16H2,1-3H3. The van der Waals surface area contributed by atoms with Gasteiger partial charge in [-0.2, -0.15) is 0 Å². The first kappa shape index (κ1) is 22.6. The molecule has 1 amide bonds. The van der Waals surface area contributed by atoms with Crippen LogP contribution < -0.4 is 9.64 Å². The summed E-state index contributed by atoms with van der Waals surface area (Å²) in [7, 11) is 3.35. The van der Waals surface area contributed by atoms with Gasteiger partial charge >= 0.3 is 0 Å². The minimum atomic E-state index is -0.995. The third-order valence-corrected chi connectivity index (χ3v) is 6.69. The molecular weight excluding hydrogens is 400 g/mol. The van der Waals surface area contributed by atoms with Crippen molar-refractivity contribution in [3.05, 3.63) is 59.1 Å². The number of likely N-dealkylation sites (tertiary alicyclic amines) is 1. The number of carbonyl (C=O) groups is 1. The quantitative estimate of drug-likeness (QED) is 0.720.